The van der Waals surface area contributed by atoms with E-state index in [1.54, 1.807) is 0 Å². The second kappa shape index (κ2) is 11.5. The topological polar surface area (TPSA) is 191 Å². The van der Waals surface area contributed by atoms with Crippen LogP contribution in [0.3, 0.4) is 0 Å². The van der Waals surface area contributed by atoms with Crippen LogP contribution in [0.1, 0.15) is 5.69 Å². The quantitative estimate of drug-likeness (QED) is 0.0623. The zero-order valence-electron chi connectivity index (χ0n) is 18.9. The van der Waals surface area contributed by atoms with E-state index in [0.717, 1.165) is 11.3 Å². The van der Waals surface area contributed by atoms with Gasteiger partial charge in [-0.2, -0.15) is 0 Å². The maximum absolute atomic E-state index is 13.0. The summed E-state index contributed by atoms with van der Waals surface area (Å²) in [6.45, 7) is 3.74. The number of carboxylic acid groups (broad SMARTS) is 1. The van der Waals surface area contributed by atoms with Crippen molar-refractivity contribution in [1.29, 1.82) is 0 Å². The van der Waals surface area contributed by atoms with Crippen molar-refractivity contribution in [3.63, 3.8) is 0 Å². The summed E-state index contributed by atoms with van der Waals surface area (Å²) in [5.74, 6) is 0.461. The first-order valence-electron chi connectivity index (χ1n) is 10.4. The number of hydrogen-bond acceptors (Lipinski definition) is 13. The van der Waals surface area contributed by atoms with E-state index in [1.807, 2.05) is 0 Å². The van der Waals surface area contributed by atoms with Gasteiger partial charge in [0.15, 0.2) is 10.8 Å². The van der Waals surface area contributed by atoms with Gasteiger partial charge in [-0.05, 0) is 16.0 Å². The van der Waals surface area contributed by atoms with Gasteiger partial charge in [-0.1, -0.05) is 35.5 Å². The lowest BCUT2D eigenvalue weighted by atomic mass is 10.0. The first-order chi connectivity index (χ1) is 17.8. The van der Waals surface area contributed by atoms with Gasteiger partial charge < -0.3 is 21.0 Å². The highest BCUT2D eigenvalue weighted by atomic mass is 32.2. The molecule has 1 unspecified atom stereocenters. The van der Waals surface area contributed by atoms with E-state index in [9.17, 15) is 19.5 Å². The van der Waals surface area contributed by atoms with Crippen LogP contribution in [-0.2, 0) is 25.8 Å². The highest BCUT2D eigenvalue weighted by Gasteiger charge is 2.54. The first kappa shape index (κ1) is 26.2. The van der Waals surface area contributed by atoms with E-state index in [-0.39, 0.29) is 41.1 Å². The lowest BCUT2D eigenvalue weighted by molar-refractivity contribution is -0.150. The van der Waals surface area contributed by atoms with E-state index in [2.05, 4.69) is 43.5 Å². The summed E-state index contributed by atoms with van der Waals surface area (Å²) in [5.41, 5.74) is 6.08. The molecular formula is C20H19N9O5S3. The molecule has 4 N–H and O–H groups in total. The van der Waals surface area contributed by atoms with Crippen molar-refractivity contribution in [1.82, 2.24) is 35.4 Å². The molecule has 17 heteroatoms. The highest BCUT2D eigenvalue weighted by Crippen LogP contribution is 2.41. The molecule has 2 aromatic heterocycles. The Labute approximate surface area is 222 Å². The normalized spacial score (nSPS) is 19.1. The molecular weight excluding hydrogens is 542 g/mol. The van der Waals surface area contributed by atoms with Crippen molar-refractivity contribution < 1.29 is 24.3 Å². The molecule has 4 rings (SSSR count). The number of carbonyl (C=O) groups is 3. The summed E-state index contributed by atoms with van der Waals surface area (Å²) in [6, 6.07) is -0.968. The molecule has 14 nitrogen and oxygen atoms in total. The number of carboxylic acids is 1. The van der Waals surface area contributed by atoms with Gasteiger partial charge in [0.1, 0.15) is 36.0 Å². The number of hydrogen-bond donors (Lipinski definition) is 3. The third-order valence-electron chi connectivity index (χ3n) is 4.98. The molecule has 2 aliphatic heterocycles. The number of nitrogen functional groups attached to an aromatic ring is 1. The number of anilines is 1. The predicted molar refractivity (Wildman–Crippen MR) is 136 cm³/mol. The lowest BCUT2D eigenvalue weighted by Gasteiger charge is -2.49. The number of terminal acetylenes is 1. The number of oxime groups is 1. The number of amides is 2. The Morgan fingerprint density at radius 1 is 1.51 bits per heavy atom. The van der Waals surface area contributed by atoms with Crippen LogP contribution in [-0.4, -0.2) is 88.2 Å². The van der Waals surface area contributed by atoms with E-state index < -0.39 is 29.2 Å². The van der Waals surface area contributed by atoms with E-state index >= 15 is 0 Å². The van der Waals surface area contributed by atoms with Crippen molar-refractivity contribution in [2.24, 2.45) is 5.16 Å². The summed E-state index contributed by atoms with van der Waals surface area (Å²) in [7, 11) is 0. The molecule has 0 bridgehead atoms. The van der Waals surface area contributed by atoms with Crippen LogP contribution >= 0.6 is 34.9 Å². The standard InChI is InChI=1S/C20H19N9O5S3/c1-3-5-28-20(24-26-27-28)37-8-10-7-35-17-13(16(31)29(17)14(10)18(32)33)23-15(30)12(25-34-6-4-2)11-9-36-19(21)22-11/h1,4,9,13,17H,2,5-8H2,(H2,21,22)(H,23,30)(H,32,33)/b25-12-/t13?,17-/m0/s1. The number of aliphatic carboxylic acids is 1. The Bertz CT molecular complexity index is 1340. The molecule has 0 saturated carbocycles. The molecule has 2 aromatic rings. The number of aromatic nitrogens is 5. The van der Waals surface area contributed by atoms with Gasteiger partial charge in [-0.25, -0.2) is 14.5 Å². The van der Waals surface area contributed by atoms with Crippen LogP contribution in [0.2, 0.25) is 0 Å². The molecule has 192 valence electrons. The lowest BCUT2D eigenvalue weighted by Crippen LogP contribution is -2.71. The van der Waals surface area contributed by atoms with Crippen LogP contribution in [0.4, 0.5) is 5.13 Å². The fourth-order valence-electron chi connectivity index (χ4n) is 3.40. The van der Waals surface area contributed by atoms with Gasteiger partial charge in [-0.15, -0.1) is 34.6 Å². The number of thioether (sulfide) groups is 2. The maximum atomic E-state index is 13.0. The van der Waals surface area contributed by atoms with Crippen molar-refractivity contribution >= 4 is 63.5 Å². The van der Waals surface area contributed by atoms with Crippen molar-refractivity contribution in [3.05, 3.63) is 35.0 Å². The first-order valence-corrected chi connectivity index (χ1v) is 13.3. The van der Waals surface area contributed by atoms with Crippen LogP contribution in [0.5, 0.6) is 0 Å². The number of tetrazole rings is 1. The van der Waals surface area contributed by atoms with E-state index in [4.69, 9.17) is 17.0 Å². The molecule has 0 radical (unpaired) electrons. The number of nitrogens with one attached hydrogen (secondary N) is 1. The summed E-state index contributed by atoms with van der Waals surface area (Å²) in [6.07, 6.45) is 6.76. The third-order valence-corrected chi connectivity index (χ3v) is 8.04. The van der Waals surface area contributed by atoms with Crippen molar-refractivity contribution in [2.45, 2.75) is 23.1 Å². The number of rotatable bonds is 11. The van der Waals surface area contributed by atoms with E-state index in [1.165, 1.54) is 44.6 Å². The van der Waals surface area contributed by atoms with Gasteiger partial charge in [0.05, 0.1) is 0 Å². The molecule has 0 aliphatic carbocycles. The predicted octanol–water partition coefficient (Wildman–Crippen LogP) is -0.217. The average Bonchev–Trinajstić information content (AvgIpc) is 3.51. The number of β-lactam (4-membered cyclic amide) rings is 1. The molecule has 4 heterocycles. The zero-order valence-corrected chi connectivity index (χ0v) is 21.4. The Balaban J connectivity index is 1.49. The van der Waals surface area contributed by atoms with Gasteiger partial charge in [-0.3, -0.25) is 14.5 Å². The molecule has 1 saturated heterocycles. The summed E-state index contributed by atoms with van der Waals surface area (Å²) < 4.78 is 1.42. The highest BCUT2D eigenvalue weighted by molar-refractivity contribution is 8.01. The Hall–Kier alpha value is -3.88. The van der Waals surface area contributed by atoms with Crippen LogP contribution in [0, 0.1) is 12.3 Å². The number of nitrogens with zero attached hydrogens (tertiary/aromatic N) is 7. The Morgan fingerprint density at radius 2 is 2.32 bits per heavy atom. The monoisotopic (exact) mass is 561 g/mol. The van der Waals surface area contributed by atoms with E-state index in [0.29, 0.717) is 16.5 Å². The number of carbonyl (C=O) groups excluding carboxylic acids is 2. The molecule has 0 spiro atoms. The molecule has 2 aliphatic rings. The summed E-state index contributed by atoms with van der Waals surface area (Å²) in [4.78, 5) is 48.4. The molecule has 0 aromatic carbocycles. The Morgan fingerprint density at radius 3 is 3.00 bits per heavy atom. The van der Waals surface area contributed by atoms with Gasteiger partial charge in [0.2, 0.25) is 5.16 Å². The minimum absolute atomic E-state index is 0.0493. The molecule has 37 heavy (non-hydrogen) atoms. The summed E-state index contributed by atoms with van der Waals surface area (Å²) >= 11 is 3.65. The summed E-state index contributed by atoms with van der Waals surface area (Å²) in [5, 5.41) is 29.1. The molecule has 2 atom stereocenters. The minimum Gasteiger partial charge on any atom is -0.477 e. The van der Waals surface area contributed by atoms with Gasteiger partial charge in [0.25, 0.3) is 11.8 Å². The van der Waals surface area contributed by atoms with Crippen LogP contribution < -0.4 is 11.1 Å². The second-order valence-corrected chi connectivity index (χ2v) is 10.3. The third kappa shape index (κ3) is 5.45. The SMILES string of the molecule is C#CCn1nnnc1SCC1=C(C(=O)O)N2C(=O)C(NC(=O)/C(=N\OCC=C)c3csc(N)n3)[C@@H]2SC1. The average molecular weight is 562 g/mol. The molecule has 2 amide bonds. The zero-order chi connectivity index (χ0) is 26.5. The minimum atomic E-state index is -1.25. The number of thiazole rings is 1. The number of nitrogens with two attached hydrogens (primary N) is 1. The smallest absolute Gasteiger partial charge is 0.352 e. The fourth-order valence-corrected chi connectivity index (χ4v) is 6.31. The maximum Gasteiger partial charge on any atom is 0.352 e. The van der Waals surface area contributed by atoms with Gasteiger partial charge in [0, 0.05) is 16.9 Å². The van der Waals surface area contributed by atoms with Crippen LogP contribution in [0.25, 0.3) is 0 Å². The largest absolute Gasteiger partial charge is 0.477 e. The second-order valence-electron chi connectivity index (χ2n) is 7.33. The number of fused-ring (bicyclic) bond motifs is 1. The Kier molecular flexibility index (Phi) is 8.11. The molecule has 1 fully saturated rings. The fraction of sp³-hybridized carbons (Fsp3) is 0.300. The van der Waals surface area contributed by atoms with Crippen LogP contribution in [0.15, 0.2) is 39.6 Å². The van der Waals surface area contributed by atoms with Crippen molar-refractivity contribution in [3.8, 4) is 12.3 Å². The van der Waals surface area contributed by atoms with Crippen molar-refractivity contribution in [2.75, 3.05) is 23.8 Å². The van der Waals surface area contributed by atoms with Gasteiger partial charge >= 0.3 is 5.97 Å².